The lowest BCUT2D eigenvalue weighted by Crippen LogP contribution is -2.19. The van der Waals surface area contributed by atoms with Gasteiger partial charge in [0.2, 0.25) is 0 Å². The van der Waals surface area contributed by atoms with Crippen LogP contribution in [0.5, 0.6) is 0 Å². The first kappa shape index (κ1) is 12.0. The van der Waals surface area contributed by atoms with E-state index in [0.29, 0.717) is 6.04 Å². The highest BCUT2D eigenvalue weighted by Gasteiger charge is 2.11. The molecule has 0 saturated carbocycles. The quantitative estimate of drug-likeness (QED) is 0.906. The number of hydrogen-bond acceptors (Lipinski definition) is 5. The summed E-state index contributed by atoms with van der Waals surface area (Å²) in [6, 6.07) is 0.308. The monoisotopic (exact) mass is 273 g/mol. The number of aromatic nitrogens is 2. The smallest absolute Gasteiger partial charge is 0.113 e. The highest BCUT2D eigenvalue weighted by Crippen LogP contribution is 2.21. The van der Waals surface area contributed by atoms with Crippen LogP contribution in [0.15, 0.2) is 17.8 Å². The average Bonchev–Trinajstić information content (AvgIpc) is 2.91. The van der Waals surface area contributed by atoms with E-state index >= 15 is 0 Å². The molecule has 0 saturated heterocycles. The molecule has 0 aromatic carbocycles. The van der Waals surface area contributed by atoms with Gasteiger partial charge in [-0.05, 0) is 6.42 Å². The van der Waals surface area contributed by atoms with Crippen LogP contribution in [0.4, 0.5) is 0 Å². The van der Waals surface area contributed by atoms with Gasteiger partial charge in [-0.1, -0.05) is 18.5 Å². The Morgan fingerprint density at radius 1 is 1.50 bits per heavy atom. The number of rotatable bonds is 5. The summed E-state index contributed by atoms with van der Waals surface area (Å²) in [6.45, 7) is 2.89. The van der Waals surface area contributed by atoms with E-state index in [2.05, 4.69) is 22.2 Å². The summed E-state index contributed by atoms with van der Waals surface area (Å²) < 4.78 is 0.735. The largest absolute Gasteiger partial charge is 0.301 e. The second-order valence-corrected chi connectivity index (χ2v) is 5.94. The zero-order valence-electron chi connectivity index (χ0n) is 8.81. The number of nitrogens with one attached hydrogen (secondary N) is 1. The lowest BCUT2D eigenvalue weighted by molar-refractivity contribution is 0.516. The average molecular weight is 274 g/mol. The van der Waals surface area contributed by atoms with Crippen molar-refractivity contribution in [3.05, 3.63) is 32.1 Å². The van der Waals surface area contributed by atoms with Crippen LogP contribution in [-0.2, 0) is 6.54 Å². The number of nitrogens with zero attached hydrogens (tertiary/aromatic N) is 2. The second-order valence-electron chi connectivity index (χ2n) is 3.27. The minimum absolute atomic E-state index is 0.308. The third kappa shape index (κ3) is 3.01. The van der Waals surface area contributed by atoms with Crippen molar-refractivity contribution in [1.82, 2.24) is 15.3 Å². The molecule has 2 aromatic heterocycles. The molecule has 86 valence electrons. The Hall–Kier alpha value is -0.490. The molecule has 16 heavy (non-hydrogen) atoms. The molecular weight excluding hydrogens is 262 g/mol. The molecule has 1 N–H and O–H groups in total. The van der Waals surface area contributed by atoms with Gasteiger partial charge < -0.3 is 5.32 Å². The summed E-state index contributed by atoms with van der Waals surface area (Å²) in [4.78, 5) is 8.53. The van der Waals surface area contributed by atoms with Crippen molar-refractivity contribution in [2.24, 2.45) is 0 Å². The maximum absolute atomic E-state index is 5.83. The molecular formula is C10H12ClN3S2. The number of hydrogen-bond donors (Lipinski definition) is 1. The summed E-state index contributed by atoms with van der Waals surface area (Å²) >= 11 is 9.02. The van der Waals surface area contributed by atoms with Crippen LogP contribution in [0.2, 0.25) is 4.34 Å². The zero-order valence-corrected chi connectivity index (χ0v) is 11.2. The lowest BCUT2D eigenvalue weighted by Gasteiger charge is -2.12. The highest BCUT2D eigenvalue weighted by molar-refractivity contribution is 7.15. The van der Waals surface area contributed by atoms with Crippen molar-refractivity contribution in [3.63, 3.8) is 0 Å². The molecule has 0 bridgehead atoms. The number of halogens is 1. The van der Waals surface area contributed by atoms with Crippen LogP contribution in [0.25, 0.3) is 0 Å². The Balaban J connectivity index is 1.93. The first-order valence-electron chi connectivity index (χ1n) is 5.02. The molecule has 0 radical (unpaired) electrons. The van der Waals surface area contributed by atoms with Crippen LogP contribution >= 0.6 is 34.3 Å². The normalized spacial score (nSPS) is 12.9. The molecule has 1 unspecified atom stereocenters. The van der Waals surface area contributed by atoms with E-state index in [9.17, 15) is 0 Å². The lowest BCUT2D eigenvalue weighted by atomic mass is 10.2. The Morgan fingerprint density at radius 2 is 2.38 bits per heavy atom. The van der Waals surface area contributed by atoms with Gasteiger partial charge in [-0.2, -0.15) is 0 Å². The minimum Gasteiger partial charge on any atom is -0.301 e. The Kier molecular flexibility index (Phi) is 4.29. The molecule has 2 aromatic rings. The van der Waals surface area contributed by atoms with Crippen LogP contribution < -0.4 is 5.32 Å². The third-order valence-electron chi connectivity index (χ3n) is 2.18. The van der Waals surface area contributed by atoms with E-state index in [-0.39, 0.29) is 0 Å². The fourth-order valence-corrected chi connectivity index (χ4v) is 3.10. The summed E-state index contributed by atoms with van der Waals surface area (Å²) in [5.74, 6) is 0. The van der Waals surface area contributed by atoms with Crippen molar-refractivity contribution in [2.45, 2.75) is 25.9 Å². The van der Waals surface area contributed by atoms with Crippen molar-refractivity contribution >= 4 is 34.3 Å². The fraction of sp³-hybridized carbons (Fsp3) is 0.400. The molecule has 2 rings (SSSR count). The van der Waals surface area contributed by atoms with Gasteiger partial charge in [0.1, 0.15) is 14.4 Å². The van der Waals surface area contributed by atoms with Crippen LogP contribution in [0.3, 0.4) is 0 Å². The third-order valence-corrected chi connectivity index (χ3v) is 4.19. The van der Waals surface area contributed by atoms with E-state index < -0.39 is 0 Å². The molecule has 0 aliphatic heterocycles. The van der Waals surface area contributed by atoms with E-state index in [4.69, 9.17) is 11.6 Å². The van der Waals surface area contributed by atoms with E-state index in [0.717, 1.165) is 27.3 Å². The highest BCUT2D eigenvalue weighted by atomic mass is 35.5. The van der Waals surface area contributed by atoms with Gasteiger partial charge in [0.05, 0.1) is 12.2 Å². The van der Waals surface area contributed by atoms with E-state index in [1.54, 1.807) is 17.5 Å². The van der Waals surface area contributed by atoms with Crippen molar-refractivity contribution in [1.29, 1.82) is 0 Å². The molecule has 2 heterocycles. The summed E-state index contributed by atoms with van der Waals surface area (Å²) in [6.07, 6.45) is 4.55. The Morgan fingerprint density at radius 3 is 2.94 bits per heavy atom. The standard InChI is InChI=1S/C10H12ClN3S2/c1-2-7(10-12-3-4-15-10)13-6-9-14-5-8(11)16-9/h3-5,7,13H,2,6H2,1H3. The molecule has 3 nitrogen and oxygen atoms in total. The number of thiazole rings is 2. The van der Waals surface area contributed by atoms with Crippen LogP contribution in [-0.4, -0.2) is 9.97 Å². The summed E-state index contributed by atoms with van der Waals surface area (Å²) in [5, 5.41) is 7.58. The maximum atomic E-state index is 5.83. The van der Waals surface area contributed by atoms with Gasteiger partial charge in [0.15, 0.2) is 0 Å². The van der Waals surface area contributed by atoms with Crippen LogP contribution in [0.1, 0.15) is 29.4 Å². The predicted molar refractivity (Wildman–Crippen MR) is 69.1 cm³/mol. The molecule has 0 fully saturated rings. The van der Waals surface area contributed by atoms with Gasteiger partial charge in [-0.3, -0.25) is 0 Å². The second kappa shape index (κ2) is 5.72. The minimum atomic E-state index is 0.308. The molecule has 0 aliphatic rings. The SMILES string of the molecule is CCC(NCc1ncc(Cl)s1)c1nccs1. The Labute approximate surface area is 108 Å². The zero-order chi connectivity index (χ0) is 11.4. The van der Waals surface area contributed by atoms with Crippen molar-refractivity contribution in [3.8, 4) is 0 Å². The molecule has 0 aliphatic carbocycles. The fourth-order valence-electron chi connectivity index (χ4n) is 1.39. The van der Waals surface area contributed by atoms with Crippen molar-refractivity contribution < 1.29 is 0 Å². The van der Waals surface area contributed by atoms with Gasteiger partial charge in [-0.15, -0.1) is 22.7 Å². The molecule has 6 heteroatoms. The predicted octanol–water partition coefficient (Wildman–Crippen LogP) is 3.49. The summed E-state index contributed by atoms with van der Waals surface area (Å²) in [5.41, 5.74) is 0. The van der Waals surface area contributed by atoms with Gasteiger partial charge in [0.25, 0.3) is 0 Å². The first-order valence-corrected chi connectivity index (χ1v) is 7.10. The van der Waals surface area contributed by atoms with E-state index in [1.165, 1.54) is 11.3 Å². The molecule has 0 amide bonds. The van der Waals surface area contributed by atoms with Crippen LogP contribution in [0, 0.1) is 0 Å². The van der Waals surface area contributed by atoms with E-state index in [1.807, 2.05) is 11.6 Å². The van der Waals surface area contributed by atoms with Crippen molar-refractivity contribution in [2.75, 3.05) is 0 Å². The topological polar surface area (TPSA) is 37.8 Å². The molecule has 1 atom stereocenters. The van der Waals surface area contributed by atoms with Gasteiger partial charge >= 0.3 is 0 Å². The van der Waals surface area contributed by atoms with Gasteiger partial charge in [-0.25, -0.2) is 9.97 Å². The molecule has 0 spiro atoms. The van der Waals surface area contributed by atoms with Gasteiger partial charge in [0, 0.05) is 18.1 Å². The maximum Gasteiger partial charge on any atom is 0.113 e. The Bertz CT molecular complexity index is 427. The first-order chi connectivity index (χ1) is 7.79. The summed E-state index contributed by atoms with van der Waals surface area (Å²) in [7, 11) is 0.